The van der Waals surface area contributed by atoms with Crippen LogP contribution in [-0.2, 0) is 20.2 Å². The van der Waals surface area contributed by atoms with Crippen LogP contribution in [0.2, 0.25) is 0 Å². The molecule has 2 aromatic carbocycles. The number of H-pyrrole nitrogens is 1. The van der Waals surface area contributed by atoms with E-state index in [1.54, 1.807) is 24.4 Å². The number of methoxy groups -OCH3 is 1. The number of esters is 1. The van der Waals surface area contributed by atoms with Crippen molar-refractivity contribution in [3.05, 3.63) is 81.9 Å². The topological polar surface area (TPSA) is 118 Å². The molecule has 4 rings (SSSR count). The fraction of sp³-hybridized carbons (Fsp3) is 0.250. The van der Waals surface area contributed by atoms with E-state index in [1.165, 1.54) is 13.2 Å². The van der Waals surface area contributed by atoms with Crippen LogP contribution >= 0.6 is 0 Å². The van der Waals surface area contributed by atoms with Gasteiger partial charge in [0.25, 0.3) is 5.56 Å². The molecule has 0 aliphatic rings. The van der Waals surface area contributed by atoms with Crippen molar-refractivity contribution in [2.75, 3.05) is 18.1 Å². The summed E-state index contributed by atoms with van der Waals surface area (Å²) in [7, 11) is -2.27. The van der Waals surface area contributed by atoms with Gasteiger partial charge in [-0.2, -0.15) is 0 Å². The van der Waals surface area contributed by atoms with Crippen molar-refractivity contribution >= 4 is 32.6 Å². The lowest BCUT2D eigenvalue weighted by Crippen LogP contribution is -2.14. The van der Waals surface area contributed by atoms with E-state index in [4.69, 9.17) is 9.72 Å². The van der Waals surface area contributed by atoms with Gasteiger partial charge < -0.3 is 9.72 Å². The smallest absolute Gasteiger partial charge is 0.338 e. The third-order valence-corrected chi connectivity index (χ3v) is 6.64. The first-order chi connectivity index (χ1) is 17.3. The maximum atomic E-state index is 12.8. The quantitative estimate of drug-likeness (QED) is 0.358. The largest absolute Gasteiger partial charge is 0.465 e. The molecule has 0 bridgehead atoms. The Hall–Kier alpha value is -3.98. The van der Waals surface area contributed by atoms with Gasteiger partial charge in [0.2, 0.25) is 10.0 Å². The number of carbonyl (C=O) groups is 1. The first kappa shape index (κ1) is 26.1. The Morgan fingerprint density at radius 2 is 1.70 bits per heavy atom. The van der Waals surface area contributed by atoms with E-state index in [9.17, 15) is 18.0 Å². The average molecular weight is 520 g/mol. The van der Waals surface area contributed by atoms with Crippen LogP contribution in [0.1, 0.15) is 42.4 Å². The number of rotatable bonds is 5. The molecule has 37 heavy (non-hydrogen) atoms. The predicted molar refractivity (Wildman–Crippen MR) is 146 cm³/mol. The summed E-state index contributed by atoms with van der Waals surface area (Å²) in [6, 6.07) is 14.3. The van der Waals surface area contributed by atoms with E-state index < -0.39 is 16.0 Å². The number of ether oxygens (including phenoxy) is 1. The molecule has 192 valence electrons. The molecule has 9 heteroatoms. The number of hydrogen-bond donors (Lipinski definition) is 2. The minimum absolute atomic E-state index is 0.194. The summed E-state index contributed by atoms with van der Waals surface area (Å²) in [5.41, 5.74) is 4.91. The molecule has 0 spiro atoms. The average Bonchev–Trinajstić information content (AvgIpc) is 2.81. The zero-order valence-electron chi connectivity index (χ0n) is 21.6. The molecule has 0 unspecified atom stereocenters. The summed E-state index contributed by atoms with van der Waals surface area (Å²) in [6.45, 7) is 8.11. The standard InChI is InChI=1S/C28H29N3O5S/c1-16-7-9-22(26(32)30-16)23-13-19(28(2,3)4)12-17-11-18(15-29-25(17)23)21-10-8-20(31-37(6,34)35)14-24(21)27(33)36-5/h7-15,31H,1-6H3,(H,30,32). The van der Waals surface area contributed by atoms with E-state index in [-0.39, 0.29) is 22.2 Å². The zero-order chi connectivity index (χ0) is 27.1. The molecule has 0 fully saturated rings. The number of pyridine rings is 2. The molecule has 2 N–H and O–H groups in total. The second kappa shape index (κ2) is 9.48. The number of benzene rings is 2. The molecular formula is C28H29N3O5S. The van der Waals surface area contributed by atoms with Crippen LogP contribution in [0.15, 0.2) is 59.5 Å². The SMILES string of the molecule is COC(=O)c1cc(NS(C)(=O)=O)ccc1-c1cnc2c(-c3ccc(C)[nH]c3=O)cc(C(C)(C)C)cc2c1. The van der Waals surface area contributed by atoms with Gasteiger partial charge in [-0.3, -0.25) is 14.5 Å². The summed E-state index contributed by atoms with van der Waals surface area (Å²) >= 11 is 0. The number of nitrogens with zero attached hydrogens (tertiary/aromatic N) is 1. The molecule has 2 heterocycles. The van der Waals surface area contributed by atoms with Crippen molar-refractivity contribution in [1.29, 1.82) is 0 Å². The Labute approximate surface area is 215 Å². The van der Waals surface area contributed by atoms with Crippen molar-refractivity contribution in [3.8, 4) is 22.3 Å². The first-order valence-corrected chi connectivity index (χ1v) is 13.5. The number of hydrogen-bond acceptors (Lipinski definition) is 6. The molecule has 0 atom stereocenters. The number of anilines is 1. The van der Waals surface area contributed by atoms with Gasteiger partial charge in [-0.05, 0) is 65.9 Å². The van der Waals surface area contributed by atoms with Crippen molar-refractivity contribution < 1.29 is 17.9 Å². The molecule has 0 saturated heterocycles. The Kier molecular flexibility index (Phi) is 6.68. The maximum absolute atomic E-state index is 12.8. The number of aromatic nitrogens is 2. The lowest BCUT2D eigenvalue weighted by molar-refractivity contribution is 0.0601. The number of fused-ring (bicyclic) bond motifs is 1. The number of sulfonamides is 1. The minimum Gasteiger partial charge on any atom is -0.465 e. The van der Waals surface area contributed by atoms with Gasteiger partial charge in [0.1, 0.15) is 0 Å². The summed E-state index contributed by atoms with van der Waals surface area (Å²) in [5, 5.41) is 0.800. The Bertz CT molecular complexity index is 1700. The minimum atomic E-state index is -3.53. The van der Waals surface area contributed by atoms with Crippen molar-refractivity contribution in [2.45, 2.75) is 33.1 Å². The van der Waals surface area contributed by atoms with Gasteiger partial charge in [-0.15, -0.1) is 0 Å². The Balaban J connectivity index is 1.97. The van der Waals surface area contributed by atoms with Gasteiger partial charge in [-0.25, -0.2) is 13.2 Å². The van der Waals surface area contributed by atoms with Crippen molar-refractivity contribution in [2.24, 2.45) is 0 Å². The van der Waals surface area contributed by atoms with Crippen LogP contribution in [0, 0.1) is 6.92 Å². The molecule has 0 radical (unpaired) electrons. The summed E-state index contributed by atoms with van der Waals surface area (Å²) in [5.74, 6) is -0.609. The van der Waals surface area contributed by atoms with Crippen LogP contribution in [-0.4, -0.2) is 37.7 Å². The van der Waals surface area contributed by atoms with Crippen molar-refractivity contribution in [3.63, 3.8) is 0 Å². The van der Waals surface area contributed by atoms with Crippen LogP contribution in [0.3, 0.4) is 0 Å². The highest BCUT2D eigenvalue weighted by Gasteiger charge is 2.21. The molecule has 0 saturated carbocycles. The highest BCUT2D eigenvalue weighted by atomic mass is 32.2. The van der Waals surface area contributed by atoms with E-state index in [2.05, 4.69) is 30.5 Å². The lowest BCUT2D eigenvalue weighted by Gasteiger charge is -2.21. The number of aryl methyl sites for hydroxylation is 1. The van der Waals surface area contributed by atoms with Crippen LogP contribution in [0.25, 0.3) is 33.2 Å². The van der Waals surface area contributed by atoms with E-state index >= 15 is 0 Å². The molecule has 8 nitrogen and oxygen atoms in total. The number of nitrogens with one attached hydrogen (secondary N) is 2. The molecule has 2 aromatic heterocycles. The maximum Gasteiger partial charge on any atom is 0.338 e. The van der Waals surface area contributed by atoms with Gasteiger partial charge in [-0.1, -0.05) is 26.8 Å². The molecular weight excluding hydrogens is 490 g/mol. The van der Waals surface area contributed by atoms with Crippen LogP contribution in [0.5, 0.6) is 0 Å². The fourth-order valence-electron chi connectivity index (χ4n) is 4.17. The van der Waals surface area contributed by atoms with E-state index in [0.717, 1.165) is 28.5 Å². The number of carbonyl (C=O) groups excluding carboxylic acids is 1. The van der Waals surface area contributed by atoms with Crippen LogP contribution in [0.4, 0.5) is 5.69 Å². The summed E-state index contributed by atoms with van der Waals surface area (Å²) < 4.78 is 30.7. The van der Waals surface area contributed by atoms with Crippen molar-refractivity contribution in [1.82, 2.24) is 9.97 Å². The zero-order valence-corrected chi connectivity index (χ0v) is 22.4. The second-order valence-corrected chi connectivity index (χ2v) is 11.8. The van der Waals surface area contributed by atoms with Crippen LogP contribution < -0.4 is 10.3 Å². The molecule has 0 aliphatic carbocycles. The van der Waals surface area contributed by atoms with Gasteiger partial charge in [0.05, 0.1) is 24.4 Å². The second-order valence-electron chi connectivity index (χ2n) is 10.1. The Morgan fingerprint density at radius 3 is 2.32 bits per heavy atom. The normalized spacial score (nSPS) is 11.9. The molecule has 4 aromatic rings. The number of aromatic amines is 1. The third kappa shape index (κ3) is 5.56. The fourth-order valence-corrected chi connectivity index (χ4v) is 4.73. The van der Waals surface area contributed by atoms with Gasteiger partial charge in [0.15, 0.2) is 0 Å². The lowest BCUT2D eigenvalue weighted by atomic mass is 9.84. The van der Waals surface area contributed by atoms with Gasteiger partial charge in [0, 0.05) is 39.7 Å². The summed E-state index contributed by atoms with van der Waals surface area (Å²) in [4.78, 5) is 33.0. The highest BCUT2D eigenvalue weighted by Crippen LogP contribution is 2.35. The molecule has 0 aliphatic heterocycles. The Morgan fingerprint density at radius 1 is 1.00 bits per heavy atom. The predicted octanol–water partition coefficient (Wildman–Crippen LogP) is 5.02. The first-order valence-electron chi connectivity index (χ1n) is 11.6. The molecule has 0 amide bonds. The van der Waals surface area contributed by atoms with E-state index in [1.807, 2.05) is 31.2 Å². The van der Waals surface area contributed by atoms with Gasteiger partial charge >= 0.3 is 5.97 Å². The summed E-state index contributed by atoms with van der Waals surface area (Å²) in [6.07, 6.45) is 2.67. The monoisotopic (exact) mass is 519 g/mol. The van der Waals surface area contributed by atoms with E-state index in [0.29, 0.717) is 22.2 Å². The highest BCUT2D eigenvalue weighted by molar-refractivity contribution is 7.92. The third-order valence-electron chi connectivity index (χ3n) is 6.03.